The molecule has 0 atom stereocenters. The summed E-state index contributed by atoms with van der Waals surface area (Å²) in [5.41, 5.74) is 1.31. The summed E-state index contributed by atoms with van der Waals surface area (Å²) in [6.45, 7) is 6.07. The van der Waals surface area contributed by atoms with Crippen LogP contribution in [0.5, 0.6) is 11.5 Å². The third-order valence-electron chi connectivity index (χ3n) is 4.90. The molecule has 1 aliphatic rings. The van der Waals surface area contributed by atoms with E-state index >= 15 is 0 Å². The molecule has 0 fully saturated rings. The molecule has 27 heavy (non-hydrogen) atoms. The van der Waals surface area contributed by atoms with Crippen LogP contribution in [0.25, 0.3) is 11.0 Å². The van der Waals surface area contributed by atoms with E-state index in [2.05, 4.69) is 0 Å². The Hall–Kier alpha value is -3.08. The second-order valence-electron chi connectivity index (χ2n) is 7.62. The smallest absolute Gasteiger partial charge is 0.198 e. The second-order valence-corrected chi connectivity index (χ2v) is 7.62. The van der Waals surface area contributed by atoms with Crippen LogP contribution in [0.3, 0.4) is 0 Å². The number of rotatable bonds is 2. The van der Waals surface area contributed by atoms with Gasteiger partial charge >= 0.3 is 0 Å². The quantitative estimate of drug-likeness (QED) is 0.523. The SMILES string of the molecule is COc1c2c(c(OC)c3oc(C(C)(C)C)cc13)C(=O)c1ccccc1C2=O. The Morgan fingerprint density at radius 1 is 0.852 bits per heavy atom. The van der Waals surface area contributed by atoms with Gasteiger partial charge in [0.15, 0.2) is 22.9 Å². The zero-order valence-electron chi connectivity index (χ0n) is 15.9. The maximum Gasteiger partial charge on any atom is 0.198 e. The van der Waals surface area contributed by atoms with Crippen molar-refractivity contribution in [2.45, 2.75) is 26.2 Å². The Morgan fingerprint density at radius 3 is 1.85 bits per heavy atom. The first-order chi connectivity index (χ1) is 12.8. The number of methoxy groups -OCH3 is 2. The van der Waals surface area contributed by atoms with Crippen molar-refractivity contribution in [1.29, 1.82) is 0 Å². The summed E-state index contributed by atoms with van der Waals surface area (Å²) < 4.78 is 17.2. The number of hydrogen-bond donors (Lipinski definition) is 0. The molecule has 2 aromatic carbocycles. The van der Waals surface area contributed by atoms with E-state index in [4.69, 9.17) is 13.9 Å². The molecule has 0 N–H and O–H groups in total. The monoisotopic (exact) mass is 364 g/mol. The van der Waals surface area contributed by atoms with Crippen molar-refractivity contribution in [3.8, 4) is 11.5 Å². The van der Waals surface area contributed by atoms with Crippen LogP contribution in [0.4, 0.5) is 0 Å². The predicted molar refractivity (Wildman–Crippen MR) is 101 cm³/mol. The van der Waals surface area contributed by atoms with Gasteiger partial charge in [0.1, 0.15) is 11.5 Å². The number of ketones is 2. The van der Waals surface area contributed by atoms with E-state index in [0.29, 0.717) is 33.6 Å². The molecule has 5 nitrogen and oxygen atoms in total. The van der Waals surface area contributed by atoms with Crippen molar-refractivity contribution in [1.82, 2.24) is 0 Å². The molecule has 0 saturated carbocycles. The topological polar surface area (TPSA) is 65.7 Å². The van der Waals surface area contributed by atoms with E-state index in [0.717, 1.165) is 0 Å². The molecule has 0 unspecified atom stereocenters. The molecule has 5 heteroatoms. The maximum absolute atomic E-state index is 13.2. The van der Waals surface area contributed by atoms with Gasteiger partial charge in [0.2, 0.25) is 0 Å². The fourth-order valence-corrected chi connectivity index (χ4v) is 3.56. The highest BCUT2D eigenvalue weighted by atomic mass is 16.5. The molecular weight excluding hydrogens is 344 g/mol. The fraction of sp³-hybridized carbons (Fsp3) is 0.273. The van der Waals surface area contributed by atoms with Crippen LogP contribution < -0.4 is 9.47 Å². The Bertz CT molecular complexity index is 1030. The van der Waals surface area contributed by atoms with Gasteiger partial charge in [-0.15, -0.1) is 0 Å². The van der Waals surface area contributed by atoms with Crippen molar-refractivity contribution in [2.24, 2.45) is 0 Å². The van der Waals surface area contributed by atoms with Gasteiger partial charge in [-0.3, -0.25) is 9.59 Å². The van der Waals surface area contributed by atoms with Gasteiger partial charge in [0.25, 0.3) is 0 Å². The highest BCUT2D eigenvalue weighted by Gasteiger charge is 2.38. The summed E-state index contributed by atoms with van der Waals surface area (Å²) in [7, 11) is 2.96. The first-order valence-electron chi connectivity index (χ1n) is 8.70. The van der Waals surface area contributed by atoms with Crippen LogP contribution in [-0.2, 0) is 5.41 Å². The van der Waals surface area contributed by atoms with Crippen molar-refractivity contribution < 1.29 is 23.5 Å². The molecule has 1 aliphatic carbocycles. The lowest BCUT2D eigenvalue weighted by Crippen LogP contribution is -2.22. The lowest BCUT2D eigenvalue weighted by molar-refractivity contribution is 0.0974. The predicted octanol–water partition coefficient (Wildman–Crippen LogP) is 4.52. The van der Waals surface area contributed by atoms with Crippen molar-refractivity contribution >= 4 is 22.5 Å². The van der Waals surface area contributed by atoms with Crippen LogP contribution in [0.1, 0.15) is 58.4 Å². The molecule has 0 bridgehead atoms. The summed E-state index contributed by atoms with van der Waals surface area (Å²) in [4.78, 5) is 26.4. The van der Waals surface area contributed by atoms with Crippen LogP contribution in [-0.4, -0.2) is 25.8 Å². The van der Waals surface area contributed by atoms with Gasteiger partial charge in [0, 0.05) is 16.5 Å². The Labute approximate surface area is 156 Å². The zero-order chi connectivity index (χ0) is 19.5. The van der Waals surface area contributed by atoms with Crippen LogP contribution >= 0.6 is 0 Å². The largest absolute Gasteiger partial charge is 0.495 e. The second kappa shape index (κ2) is 5.71. The molecular formula is C22H20O5. The third kappa shape index (κ3) is 2.31. The maximum atomic E-state index is 13.2. The average Bonchev–Trinajstić information content (AvgIpc) is 3.09. The number of carbonyl (C=O) groups is 2. The number of carbonyl (C=O) groups excluding carboxylic acids is 2. The van der Waals surface area contributed by atoms with Crippen molar-refractivity contribution in [3.05, 3.63) is 58.3 Å². The van der Waals surface area contributed by atoms with Gasteiger partial charge < -0.3 is 13.9 Å². The lowest BCUT2D eigenvalue weighted by atomic mass is 9.82. The van der Waals surface area contributed by atoms with E-state index in [9.17, 15) is 9.59 Å². The molecule has 0 radical (unpaired) electrons. The summed E-state index contributed by atoms with van der Waals surface area (Å²) in [5, 5.41) is 0.624. The lowest BCUT2D eigenvalue weighted by Gasteiger charge is -2.22. The Balaban J connectivity index is 2.17. The van der Waals surface area contributed by atoms with Gasteiger partial charge in [0.05, 0.1) is 30.7 Å². The molecule has 3 aromatic rings. The van der Waals surface area contributed by atoms with Crippen molar-refractivity contribution in [2.75, 3.05) is 14.2 Å². The highest BCUT2D eigenvalue weighted by Crippen LogP contribution is 2.47. The van der Waals surface area contributed by atoms with E-state index < -0.39 is 0 Å². The molecule has 1 heterocycles. The van der Waals surface area contributed by atoms with E-state index in [-0.39, 0.29) is 33.9 Å². The highest BCUT2D eigenvalue weighted by molar-refractivity contribution is 6.32. The number of hydrogen-bond acceptors (Lipinski definition) is 5. The van der Waals surface area contributed by atoms with Crippen LogP contribution in [0.2, 0.25) is 0 Å². The van der Waals surface area contributed by atoms with Crippen LogP contribution in [0.15, 0.2) is 34.7 Å². The minimum Gasteiger partial charge on any atom is -0.495 e. The molecule has 0 aliphatic heterocycles. The number of ether oxygens (including phenoxy) is 2. The van der Waals surface area contributed by atoms with Gasteiger partial charge in [-0.25, -0.2) is 0 Å². The van der Waals surface area contributed by atoms with E-state index in [1.54, 1.807) is 24.3 Å². The number of fused-ring (bicyclic) bond motifs is 3. The molecule has 0 spiro atoms. The molecule has 0 saturated heterocycles. The fourth-order valence-electron chi connectivity index (χ4n) is 3.56. The van der Waals surface area contributed by atoms with E-state index in [1.807, 2.05) is 26.8 Å². The summed E-state index contributed by atoms with van der Waals surface area (Å²) in [6, 6.07) is 8.64. The molecule has 1 aromatic heterocycles. The van der Waals surface area contributed by atoms with Crippen molar-refractivity contribution in [3.63, 3.8) is 0 Å². The van der Waals surface area contributed by atoms with Crippen LogP contribution in [0, 0.1) is 0 Å². The summed E-state index contributed by atoms with van der Waals surface area (Å²) >= 11 is 0. The standard InChI is InChI=1S/C22H20O5/c1-22(2,3)14-10-13-19(25-4)15-16(21(26-5)20(13)27-14)18(24)12-9-7-6-8-11(12)17(15)23/h6-10H,1-5H3. The molecule has 4 rings (SSSR count). The summed E-state index contributed by atoms with van der Waals surface area (Å²) in [5.74, 6) is 0.799. The average molecular weight is 364 g/mol. The summed E-state index contributed by atoms with van der Waals surface area (Å²) in [6.07, 6.45) is 0. The number of furan rings is 1. The minimum absolute atomic E-state index is 0.195. The number of benzene rings is 2. The molecule has 138 valence electrons. The minimum atomic E-state index is -0.272. The Kier molecular flexibility index (Phi) is 3.67. The zero-order valence-corrected chi connectivity index (χ0v) is 15.9. The van der Waals surface area contributed by atoms with E-state index in [1.165, 1.54) is 14.2 Å². The third-order valence-corrected chi connectivity index (χ3v) is 4.90. The Morgan fingerprint density at radius 2 is 1.37 bits per heavy atom. The van der Waals surface area contributed by atoms with Gasteiger partial charge in [-0.1, -0.05) is 45.0 Å². The molecule has 0 amide bonds. The van der Waals surface area contributed by atoms with Gasteiger partial charge in [-0.2, -0.15) is 0 Å². The first kappa shape index (κ1) is 17.3. The first-order valence-corrected chi connectivity index (χ1v) is 8.70. The van der Waals surface area contributed by atoms with Gasteiger partial charge in [-0.05, 0) is 6.07 Å². The normalized spacial score (nSPS) is 13.5.